The quantitative estimate of drug-likeness (QED) is 0.233. The number of aliphatic carboxylic acids is 1. The lowest BCUT2D eigenvalue weighted by molar-refractivity contribution is -0.131. The van der Waals surface area contributed by atoms with Crippen LogP contribution in [0.1, 0.15) is 35.1 Å². The molecule has 4 aliphatic carbocycles. The van der Waals surface area contributed by atoms with Crippen LogP contribution in [0.5, 0.6) is 23.0 Å². The number of hydrogen-bond donors (Lipinski definition) is 5. The molecule has 248 valence electrons. The number of aliphatic hydroxyl groups excluding tert-OH is 2. The third kappa shape index (κ3) is 4.02. The van der Waals surface area contributed by atoms with Gasteiger partial charge in [-0.3, -0.25) is 0 Å². The minimum atomic E-state index is -0.981. The van der Waals surface area contributed by atoms with Gasteiger partial charge in [0.05, 0.1) is 0 Å². The number of carboxylic acids is 1. The minimum absolute atomic E-state index is 0.160. The third-order valence-electron chi connectivity index (χ3n) is 12.5. The van der Waals surface area contributed by atoms with Gasteiger partial charge in [-0.1, -0.05) is 43.0 Å². The number of carboxylic acid groups (broad SMARTS) is 1. The lowest BCUT2D eigenvalue weighted by Crippen LogP contribution is -2.64. The van der Waals surface area contributed by atoms with Crippen molar-refractivity contribution in [3.63, 3.8) is 0 Å². The fraction of sp³-hybridized carbons (Fsp3) is 0.486. The number of aromatic hydroxyl groups is 2. The highest BCUT2D eigenvalue weighted by Gasteiger charge is 2.65. The van der Waals surface area contributed by atoms with Gasteiger partial charge in [-0.05, 0) is 76.1 Å². The van der Waals surface area contributed by atoms with Crippen LogP contribution in [0.15, 0.2) is 61.2 Å². The van der Waals surface area contributed by atoms with Gasteiger partial charge in [-0.2, -0.15) is 0 Å². The first-order chi connectivity index (χ1) is 22.5. The summed E-state index contributed by atoms with van der Waals surface area (Å²) in [5, 5.41) is 48.9. The van der Waals surface area contributed by atoms with Crippen molar-refractivity contribution in [1.82, 2.24) is 9.80 Å². The molecule has 2 aromatic rings. The van der Waals surface area contributed by atoms with E-state index in [0.29, 0.717) is 35.4 Å². The highest BCUT2D eigenvalue weighted by Crippen LogP contribution is 2.63. The van der Waals surface area contributed by atoms with Gasteiger partial charge in [-0.15, -0.1) is 0 Å². The Bertz CT molecular complexity index is 1610. The summed E-state index contributed by atoms with van der Waals surface area (Å²) in [5.74, 6) is 1.40. The van der Waals surface area contributed by atoms with Gasteiger partial charge >= 0.3 is 5.97 Å². The summed E-state index contributed by atoms with van der Waals surface area (Å²) in [4.78, 5) is 14.1. The molecular weight excluding hydrogens is 600 g/mol. The maximum atomic E-state index is 10.4. The van der Waals surface area contributed by atoms with Gasteiger partial charge in [0.1, 0.15) is 24.4 Å². The van der Waals surface area contributed by atoms with Crippen molar-refractivity contribution in [2.75, 3.05) is 27.2 Å². The number of likely N-dealkylation sites (tertiary alicyclic amines) is 2. The van der Waals surface area contributed by atoms with Crippen LogP contribution in [0, 0.1) is 11.8 Å². The van der Waals surface area contributed by atoms with E-state index in [0.717, 1.165) is 44.8 Å². The summed E-state index contributed by atoms with van der Waals surface area (Å²) < 4.78 is 12.2. The number of ether oxygens (including phenoxy) is 2. The lowest BCUT2D eigenvalue weighted by Gasteiger charge is -2.56. The summed E-state index contributed by atoms with van der Waals surface area (Å²) in [7, 11) is 4.38. The third-order valence-corrected chi connectivity index (χ3v) is 12.5. The number of hydrogen-bond acceptors (Lipinski definition) is 9. The highest BCUT2D eigenvalue weighted by molar-refractivity contribution is 5.78. The summed E-state index contributed by atoms with van der Waals surface area (Å²) in [6.07, 6.45) is 11.2. The second-order valence-electron chi connectivity index (χ2n) is 14.4. The van der Waals surface area contributed by atoms with Crippen molar-refractivity contribution in [3.05, 3.63) is 83.5 Å². The van der Waals surface area contributed by atoms with E-state index in [-0.39, 0.29) is 34.5 Å². The number of carbonyl (C=O) groups is 1. The first-order valence-electron chi connectivity index (χ1n) is 16.6. The molecule has 4 aliphatic heterocycles. The van der Waals surface area contributed by atoms with E-state index < -0.39 is 18.2 Å². The Balaban J connectivity index is 0.000000121. The van der Waals surface area contributed by atoms with Crippen LogP contribution in [0.4, 0.5) is 0 Å². The van der Waals surface area contributed by atoms with Crippen LogP contribution in [0.2, 0.25) is 0 Å². The first kappa shape index (κ1) is 30.5. The summed E-state index contributed by atoms with van der Waals surface area (Å²) in [5.41, 5.74) is 4.58. The molecular formula is C37H42N2O8. The maximum Gasteiger partial charge on any atom is 0.327 e. The van der Waals surface area contributed by atoms with Gasteiger partial charge in [-0.25, -0.2) is 4.79 Å². The zero-order valence-corrected chi connectivity index (χ0v) is 26.6. The second-order valence-corrected chi connectivity index (χ2v) is 14.4. The Morgan fingerprint density at radius 3 is 1.57 bits per heavy atom. The van der Waals surface area contributed by atoms with E-state index in [9.17, 15) is 25.2 Å². The topological polar surface area (TPSA) is 143 Å². The number of benzene rings is 2. The van der Waals surface area contributed by atoms with Crippen LogP contribution in [0.25, 0.3) is 0 Å². The molecule has 8 aliphatic rings. The van der Waals surface area contributed by atoms with Gasteiger partial charge in [0.15, 0.2) is 23.0 Å². The molecule has 2 fully saturated rings. The lowest BCUT2D eigenvalue weighted by atomic mass is 9.53. The zero-order chi connectivity index (χ0) is 33.0. The Hall–Kier alpha value is -3.83. The van der Waals surface area contributed by atoms with Gasteiger partial charge in [0.25, 0.3) is 0 Å². The molecule has 2 aromatic carbocycles. The van der Waals surface area contributed by atoms with Crippen molar-refractivity contribution in [2.45, 2.75) is 73.0 Å². The normalized spacial score (nSPS) is 38.7. The van der Waals surface area contributed by atoms with Crippen LogP contribution in [0.3, 0.4) is 0 Å². The molecule has 0 aromatic heterocycles. The molecule has 4 heterocycles. The molecule has 0 saturated carbocycles. The Morgan fingerprint density at radius 2 is 1.19 bits per heavy atom. The summed E-state index contributed by atoms with van der Waals surface area (Å²) >= 11 is 0. The molecule has 0 radical (unpaired) electrons. The van der Waals surface area contributed by atoms with E-state index >= 15 is 0 Å². The maximum absolute atomic E-state index is 10.4. The Morgan fingerprint density at radius 1 is 0.787 bits per heavy atom. The van der Waals surface area contributed by atoms with Gasteiger partial charge < -0.3 is 44.8 Å². The molecule has 10 atom stereocenters. The van der Waals surface area contributed by atoms with Crippen LogP contribution < -0.4 is 9.47 Å². The highest BCUT2D eigenvalue weighted by atomic mass is 16.5. The van der Waals surface area contributed by atoms with E-state index in [1.54, 1.807) is 12.1 Å². The van der Waals surface area contributed by atoms with Crippen LogP contribution in [-0.4, -0.2) is 105 Å². The van der Waals surface area contributed by atoms with Gasteiger partial charge in [0.2, 0.25) is 0 Å². The van der Waals surface area contributed by atoms with Gasteiger partial charge in [0, 0.05) is 52.0 Å². The molecule has 0 unspecified atom stereocenters. The zero-order valence-electron chi connectivity index (χ0n) is 26.6. The molecule has 10 rings (SSSR count). The average Bonchev–Trinajstić information content (AvgIpc) is 3.60. The van der Waals surface area contributed by atoms with Crippen molar-refractivity contribution >= 4 is 5.97 Å². The van der Waals surface area contributed by atoms with Crippen molar-refractivity contribution in [2.24, 2.45) is 11.8 Å². The predicted octanol–water partition coefficient (Wildman–Crippen LogP) is 2.65. The number of aliphatic hydroxyl groups is 2. The Kier molecular flexibility index (Phi) is 6.87. The minimum Gasteiger partial charge on any atom is -0.504 e. The van der Waals surface area contributed by atoms with Crippen molar-refractivity contribution < 1.29 is 39.8 Å². The number of likely N-dealkylation sites (N-methyl/N-ethyl adjacent to an activating group) is 2. The van der Waals surface area contributed by atoms with E-state index in [2.05, 4.69) is 42.6 Å². The molecule has 2 saturated heterocycles. The average molecular weight is 643 g/mol. The number of piperidine rings is 2. The fourth-order valence-electron chi connectivity index (χ4n) is 10.5. The first-order valence-corrected chi connectivity index (χ1v) is 16.6. The number of phenols is 2. The van der Waals surface area contributed by atoms with E-state index in [1.807, 2.05) is 24.3 Å². The van der Waals surface area contributed by atoms with E-state index in [4.69, 9.17) is 14.6 Å². The molecule has 2 spiro atoms. The monoisotopic (exact) mass is 642 g/mol. The van der Waals surface area contributed by atoms with E-state index in [1.165, 1.54) is 22.3 Å². The largest absolute Gasteiger partial charge is 0.504 e. The predicted molar refractivity (Wildman–Crippen MR) is 173 cm³/mol. The van der Waals surface area contributed by atoms with Crippen LogP contribution in [-0.2, 0) is 28.5 Å². The van der Waals surface area contributed by atoms with Crippen LogP contribution >= 0.6 is 0 Å². The number of nitrogens with zero attached hydrogens (tertiary/aromatic N) is 2. The molecule has 10 heteroatoms. The Labute approximate surface area is 273 Å². The SMILES string of the molecule is C=CC(=O)O.CN1CC[C@]23c4c5ccc(O)c4O[C@H]2[C@@H](O)C=C[C@H]3[C@H]1C5.CN1CC[C@]23c4c5ccc(O)c4O[C@H]2[C@@H](O)C=C[C@H]3[C@H]1C5. The molecule has 5 N–H and O–H groups in total. The smallest absolute Gasteiger partial charge is 0.327 e. The second kappa shape index (κ2) is 10.6. The summed E-state index contributed by atoms with van der Waals surface area (Å²) in [6, 6.07) is 8.45. The van der Waals surface area contributed by atoms with Crippen molar-refractivity contribution in [1.29, 1.82) is 0 Å². The fourth-order valence-corrected chi connectivity index (χ4v) is 10.5. The number of rotatable bonds is 1. The summed E-state index contributed by atoms with van der Waals surface area (Å²) in [6.45, 7) is 4.98. The molecule has 0 amide bonds. The molecule has 4 bridgehead atoms. The standard InChI is InChI=1S/2C17H19NO3.C3H4O2/c2*1-18-7-6-17-10-3-5-13(20)16(17)21-15-12(19)4-2-9(14(15)17)8-11(10)18;1-2-3(4)5/h2*2-5,10-11,13,16,19-20H,6-8H2,1H3;2H,1H2,(H,4,5)/t2*10-,11+,13-,16-,17-;/m00./s1. The molecule has 10 nitrogen and oxygen atoms in total. The number of phenolic OH excluding ortho intramolecular Hbond substituents is 2. The molecule has 47 heavy (non-hydrogen) atoms. The van der Waals surface area contributed by atoms with Crippen molar-refractivity contribution in [3.8, 4) is 23.0 Å².